The lowest BCUT2D eigenvalue weighted by Crippen LogP contribution is -2.41. The first-order valence-corrected chi connectivity index (χ1v) is 5.51. The summed E-state index contributed by atoms with van der Waals surface area (Å²) in [7, 11) is 0. The van der Waals surface area contributed by atoms with Gasteiger partial charge in [0, 0.05) is 19.4 Å². The van der Waals surface area contributed by atoms with Gasteiger partial charge in [-0.3, -0.25) is 9.59 Å². The number of aliphatic hydroxyl groups is 1. The number of likely N-dealkylation sites (tertiary alicyclic amines) is 1. The number of aliphatic hydroxyl groups excluding tert-OH is 1. The van der Waals surface area contributed by atoms with Gasteiger partial charge in [0.05, 0.1) is 6.10 Å². The summed E-state index contributed by atoms with van der Waals surface area (Å²) in [5.41, 5.74) is 5.25. The fraction of sp³-hybridized carbons (Fsp3) is 0.700. The molecule has 0 aromatic rings. The molecule has 0 radical (unpaired) electrons. The van der Waals surface area contributed by atoms with Crippen LogP contribution in [-0.2, 0) is 14.4 Å². The van der Waals surface area contributed by atoms with Crippen LogP contribution in [0.3, 0.4) is 0 Å². The minimum absolute atomic E-state index is 0.00788. The van der Waals surface area contributed by atoms with E-state index in [1.165, 1.54) is 0 Å². The molecular formula is C10H16N2O6. The van der Waals surface area contributed by atoms with Gasteiger partial charge in [-0.1, -0.05) is 0 Å². The maximum Gasteiger partial charge on any atom is 0.326 e. The summed E-state index contributed by atoms with van der Waals surface area (Å²) in [5, 5.41) is 26.8. The number of hydrogen-bond acceptors (Lipinski definition) is 5. The van der Waals surface area contributed by atoms with E-state index in [2.05, 4.69) is 0 Å². The number of carboxylic acids is 2. The molecule has 8 heteroatoms. The van der Waals surface area contributed by atoms with Crippen LogP contribution in [0.15, 0.2) is 0 Å². The van der Waals surface area contributed by atoms with Crippen LogP contribution in [0.2, 0.25) is 0 Å². The summed E-state index contributed by atoms with van der Waals surface area (Å²) < 4.78 is 0. The molecule has 0 saturated carbocycles. The van der Waals surface area contributed by atoms with Gasteiger partial charge in [-0.25, -0.2) is 4.79 Å². The van der Waals surface area contributed by atoms with E-state index in [0.29, 0.717) is 0 Å². The standard InChI is InChI=1S/C10H16N2O6/c11-6(9(15)16)1-2-8(14)12-4-5(13)3-7(12)10(17)18/h5-7,13H,1-4,11H2,(H,15,16)(H,17,18)/t5-,6+,7+/m1/s1. The molecule has 0 bridgehead atoms. The third kappa shape index (κ3) is 3.41. The van der Waals surface area contributed by atoms with Crippen molar-refractivity contribution in [3.05, 3.63) is 0 Å². The van der Waals surface area contributed by atoms with Crippen LogP contribution in [0.25, 0.3) is 0 Å². The highest BCUT2D eigenvalue weighted by molar-refractivity contribution is 5.85. The normalized spacial score (nSPS) is 24.9. The first kappa shape index (κ1) is 14.4. The second-order valence-corrected chi connectivity index (χ2v) is 4.27. The molecule has 0 spiro atoms. The van der Waals surface area contributed by atoms with E-state index in [1.54, 1.807) is 0 Å². The Morgan fingerprint density at radius 1 is 1.33 bits per heavy atom. The first-order valence-electron chi connectivity index (χ1n) is 5.51. The molecule has 0 aromatic carbocycles. The summed E-state index contributed by atoms with van der Waals surface area (Å²) in [6.07, 6.45) is -1.08. The van der Waals surface area contributed by atoms with E-state index in [1.807, 2.05) is 0 Å². The molecule has 0 aliphatic carbocycles. The van der Waals surface area contributed by atoms with E-state index in [-0.39, 0.29) is 25.8 Å². The molecule has 1 amide bonds. The zero-order chi connectivity index (χ0) is 13.9. The number of nitrogens with two attached hydrogens (primary N) is 1. The maximum absolute atomic E-state index is 11.7. The van der Waals surface area contributed by atoms with Crippen molar-refractivity contribution in [1.82, 2.24) is 4.90 Å². The fourth-order valence-corrected chi connectivity index (χ4v) is 1.87. The fourth-order valence-electron chi connectivity index (χ4n) is 1.87. The van der Waals surface area contributed by atoms with Crippen LogP contribution in [0.1, 0.15) is 19.3 Å². The Bertz CT molecular complexity index is 358. The van der Waals surface area contributed by atoms with Gasteiger partial charge in [-0.2, -0.15) is 0 Å². The Balaban J connectivity index is 2.55. The number of aliphatic carboxylic acids is 2. The highest BCUT2D eigenvalue weighted by Gasteiger charge is 2.38. The lowest BCUT2D eigenvalue weighted by molar-refractivity contribution is -0.148. The zero-order valence-corrected chi connectivity index (χ0v) is 9.65. The molecule has 0 unspecified atom stereocenters. The van der Waals surface area contributed by atoms with Crippen molar-refractivity contribution in [3.63, 3.8) is 0 Å². The summed E-state index contributed by atoms with van der Waals surface area (Å²) in [4.78, 5) is 34.2. The van der Waals surface area contributed by atoms with Gasteiger partial charge >= 0.3 is 11.9 Å². The number of rotatable bonds is 5. The minimum atomic E-state index is -1.21. The number of carboxylic acid groups (broad SMARTS) is 2. The van der Waals surface area contributed by atoms with Crippen molar-refractivity contribution < 1.29 is 29.7 Å². The van der Waals surface area contributed by atoms with Crippen LogP contribution < -0.4 is 5.73 Å². The highest BCUT2D eigenvalue weighted by Crippen LogP contribution is 2.19. The average Bonchev–Trinajstić information content (AvgIpc) is 2.67. The van der Waals surface area contributed by atoms with Gasteiger partial charge in [0.2, 0.25) is 5.91 Å². The Morgan fingerprint density at radius 2 is 1.94 bits per heavy atom. The number of carbonyl (C=O) groups is 3. The van der Waals surface area contributed by atoms with Crippen LogP contribution in [0.4, 0.5) is 0 Å². The van der Waals surface area contributed by atoms with E-state index in [9.17, 15) is 19.5 Å². The van der Waals surface area contributed by atoms with E-state index in [0.717, 1.165) is 4.90 Å². The van der Waals surface area contributed by atoms with Gasteiger partial charge in [0.1, 0.15) is 12.1 Å². The third-order valence-electron chi connectivity index (χ3n) is 2.87. The molecule has 1 aliphatic heterocycles. The topological polar surface area (TPSA) is 141 Å². The van der Waals surface area contributed by atoms with Gasteiger partial charge < -0.3 is 26.0 Å². The second-order valence-electron chi connectivity index (χ2n) is 4.27. The van der Waals surface area contributed by atoms with Crippen molar-refractivity contribution in [3.8, 4) is 0 Å². The monoisotopic (exact) mass is 260 g/mol. The summed E-state index contributed by atoms with van der Waals surface area (Å²) >= 11 is 0. The Kier molecular flexibility index (Phi) is 4.62. The second kappa shape index (κ2) is 5.78. The predicted molar refractivity (Wildman–Crippen MR) is 58.6 cm³/mol. The lowest BCUT2D eigenvalue weighted by Gasteiger charge is -2.21. The Morgan fingerprint density at radius 3 is 2.44 bits per heavy atom. The first-order chi connectivity index (χ1) is 8.32. The van der Waals surface area contributed by atoms with Crippen LogP contribution in [-0.4, -0.2) is 62.8 Å². The molecule has 1 fully saturated rings. The van der Waals surface area contributed by atoms with Gasteiger partial charge in [-0.05, 0) is 6.42 Å². The summed E-state index contributed by atoms with van der Waals surface area (Å²) in [5.74, 6) is -2.89. The lowest BCUT2D eigenvalue weighted by atomic mass is 10.1. The Hall–Kier alpha value is -1.67. The third-order valence-corrected chi connectivity index (χ3v) is 2.87. The van der Waals surface area contributed by atoms with Crippen molar-refractivity contribution in [2.24, 2.45) is 5.73 Å². The predicted octanol–water partition coefficient (Wildman–Crippen LogP) is -1.78. The Labute approximate surface area is 103 Å². The molecule has 18 heavy (non-hydrogen) atoms. The van der Waals surface area contributed by atoms with E-state index >= 15 is 0 Å². The van der Waals surface area contributed by atoms with Crippen molar-refractivity contribution >= 4 is 17.8 Å². The number of β-amino-alcohol motifs (C(OH)–C–C–N with tert-alkyl or cyclic N) is 1. The van der Waals surface area contributed by atoms with Crippen LogP contribution >= 0.6 is 0 Å². The van der Waals surface area contributed by atoms with E-state index < -0.39 is 36.0 Å². The maximum atomic E-state index is 11.7. The van der Waals surface area contributed by atoms with Crippen LogP contribution in [0, 0.1) is 0 Å². The molecule has 1 heterocycles. The molecular weight excluding hydrogens is 244 g/mol. The quantitative estimate of drug-likeness (QED) is 0.458. The number of amides is 1. The average molecular weight is 260 g/mol. The van der Waals surface area contributed by atoms with Gasteiger partial charge in [0.25, 0.3) is 0 Å². The van der Waals surface area contributed by atoms with Crippen LogP contribution in [0.5, 0.6) is 0 Å². The summed E-state index contributed by atoms with van der Waals surface area (Å²) in [6, 6.07) is -2.20. The van der Waals surface area contributed by atoms with Crippen molar-refractivity contribution in [2.45, 2.75) is 37.5 Å². The molecule has 3 atom stereocenters. The zero-order valence-electron chi connectivity index (χ0n) is 9.65. The molecule has 0 aromatic heterocycles. The molecule has 102 valence electrons. The number of nitrogens with zero attached hydrogens (tertiary/aromatic N) is 1. The smallest absolute Gasteiger partial charge is 0.326 e. The number of carbonyl (C=O) groups excluding carboxylic acids is 1. The SMILES string of the molecule is N[C@@H](CCC(=O)N1C[C@H](O)C[C@H]1C(=O)O)C(=O)O. The van der Waals surface area contributed by atoms with Gasteiger partial charge in [0.15, 0.2) is 0 Å². The molecule has 5 N–H and O–H groups in total. The number of hydrogen-bond donors (Lipinski definition) is 4. The largest absolute Gasteiger partial charge is 0.480 e. The van der Waals surface area contributed by atoms with E-state index in [4.69, 9.17) is 15.9 Å². The van der Waals surface area contributed by atoms with Crippen molar-refractivity contribution in [1.29, 1.82) is 0 Å². The summed E-state index contributed by atoms with van der Waals surface area (Å²) in [6.45, 7) is -0.0435. The minimum Gasteiger partial charge on any atom is -0.480 e. The molecule has 8 nitrogen and oxygen atoms in total. The highest BCUT2D eigenvalue weighted by atomic mass is 16.4. The van der Waals surface area contributed by atoms with Gasteiger partial charge in [-0.15, -0.1) is 0 Å². The molecule has 1 rings (SSSR count). The molecule has 1 saturated heterocycles. The molecule has 1 aliphatic rings. The van der Waals surface area contributed by atoms with Crippen molar-refractivity contribution in [2.75, 3.05) is 6.54 Å².